The lowest BCUT2D eigenvalue weighted by atomic mass is 10.1. The molecule has 0 spiro atoms. The minimum atomic E-state index is -0.513. The summed E-state index contributed by atoms with van der Waals surface area (Å²) in [5.74, 6) is -0.0982. The highest BCUT2D eigenvalue weighted by Crippen LogP contribution is 2.34. The number of ether oxygens (including phenoxy) is 1. The number of aromatic nitrogens is 2. The molecule has 0 saturated heterocycles. The predicted octanol–water partition coefficient (Wildman–Crippen LogP) is 4.70. The van der Waals surface area contributed by atoms with Crippen molar-refractivity contribution in [3.63, 3.8) is 0 Å². The summed E-state index contributed by atoms with van der Waals surface area (Å²) >= 11 is 2.19. The summed E-state index contributed by atoms with van der Waals surface area (Å²) < 4.78 is 8.01. The lowest BCUT2D eigenvalue weighted by Gasteiger charge is -2.14. The smallest absolute Gasteiger partial charge is 0.340 e. The van der Waals surface area contributed by atoms with Crippen LogP contribution in [0.1, 0.15) is 23.2 Å². The fourth-order valence-corrected chi connectivity index (χ4v) is 3.21. The lowest BCUT2D eigenvalue weighted by Crippen LogP contribution is -2.12. The van der Waals surface area contributed by atoms with Crippen LogP contribution in [0.5, 0.6) is 0 Å². The molecule has 29 heavy (non-hydrogen) atoms. The summed E-state index contributed by atoms with van der Waals surface area (Å²) in [6.07, 6.45) is 6.68. The molecule has 0 aliphatic heterocycles. The molecule has 2 aromatic carbocycles. The van der Waals surface area contributed by atoms with Gasteiger partial charge in [0.15, 0.2) is 0 Å². The van der Waals surface area contributed by atoms with Gasteiger partial charge in [0.1, 0.15) is 5.69 Å². The number of nitro benzene ring substituents is 1. The van der Waals surface area contributed by atoms with Gasteiger partial charge in [-0.15, -0.1) is 0 Å². The zero-order valence-corrected chi connectivity index (χ0v) is 17.4. The minimum Gasteiger partial charge on any atom is -0.462 e. The number of halogens is 1. The molecule has 0 radical (unpaired) electrons. The maximum Gasteiger partial charge on any atom is 0.340 e. The molecule has 1 N–H and O–H groups in total. The molecule has 1 saturated carbocycles. The van der Waals surface area contributed by atoms with Crippen molar-refractivity contribution in [1.29, 1.82) is 0 Å². The number of carbonyl (C=O) groups is 1. The van der Waals surface area contributed by atoms with E-state index in [9.17, 15) is 14.9 Å². The summed E-state index contributed by atoms with van der Waals surface area (Å²) in [6.45, 7) is 0.360. The summed E-state index contributed by atoms with van der Waals surface area (Å²) in [6, 6.07) is 10.3. The molecule has 1 fully saturated rings. The number of hydrogen-bond donors (Lipinski definition) is 1. The molecular weight excluding hydrogens is 487 g/mol. The molecule has 3 aromatic rings. The van der Waals surface area contributed by atoms with E-state index < -0.39 is 10.9 Å². The quantitative estimate of drug-likeness (QED) is 0.217. The van der Waals surface area contributed by atoms with Crippen molar-refractivity contribution < 1.29 is 14.5 Å². The van der Waals surface area contributed by atoms with Crippen molar-refractivity contribution in [3.05, 3.63) is 74.4 Å². The van der Waals surface area contributed by atoms with E-state index >= 15 is 0 Å². The maximum atomic E-state index is 12.8. The Kier molecular flexibility index (Phi) is 5.47. The van der Waals surface area contributed by atoms with Crippen LogP contribution in [-0.4, -0.2) is 27.1 Å². The van der Waals surface area contributed by atoms with E-state index in [0.29, 0.717) is 23.9 Å². The van der Waals surface area contributed by atoms with Gasteiger partial charge in [-0.1, -0.05) is 0 Å². The van der Waals surface area contributed by atoms with E-state index in [0.717, 1.165) is 16.4 Å². The van der Waals surface area contributed by atoms with Gasteiger partial charge < -0.3 is 14.6 Å². The van der Waals surface area contributed by atoms with Crippen LogP contribution in [0.4, 0.5) is 17.1 Å². The second-order valence-electron chi connectivity index (χ2n) is 6.79. The summed E-state index contributed by atoms with van der Waals surface area (Å²) in [7, 11) is 0. The molecule has 0 atom stereocenters. The lowest BCUT2D eigenvalue weighted by molar-refractivity contribution is -0.384. The van der Waals surface area contributed by atoms with Gasteiger partial charge in [-0.3, -0.25) is 10.1 Å². The van der Waals surface area contributed by atoms with Gasteiger partial charge in [-0.2, -0.15) is 0 Å². The Labute approximate surface area is 180 Å². The molecule has 0 bridgehead atoms. The first-order chi connectivity index (χ1) is 14.0. The van der Waals surface area contributed by atoms with Crippen LogP contribution in [0.2, 0.25) is 0 Å². The Balaban J connectivity index is 1.77. The molecule has 1 aliphatic carbocycles. The van der Waals surface area contributed by atoms with Gasteiger partial charge in [0, 0.05) is 27.7 Å². The topological polar surface area (TPSA) is 99.3 Å². The SMILES string of the molecule is O=C(OCC1CC1)c1cc(-n2ccnc2)c([N+](=O)[O-])cc1Nc1ccc(I)cc1. The number of carbonyl (C=O) groups excluding carboxylic acids is 1. The Bertz CT molecular complexity index is 1050. The molecule has 8 nitrogen and oxygen atoms in total. The average Bonchev–Trinajstić information content (AvgIpc) is 3.38. The third-order valence-electron chi connectivity index (χ3n) is 4.58. The fraction of sp³-hybridized carbons (Fsp3) is 0.200. The maximum absolute atomic E-state index is 12.8. The Morgan fingerprint density at radius 1 is 1.31 bits per heavy atom. The van der Waals surface area contributed by atoms with Crippen LogP contribution in [-0.2, 0) is 4.74 Å². The molecule has 1 heterocycles. The number of rotatable bonds is 7. The largest absolute Gasteiger partial charge is 0.462 e. The van der Waals surface area contributed by atoms with Gasteiger partial charge in [-0.25, -0.2) is 9.78 Å². The first kappa shape index (κ1) is 19.4. The number of anilines is 2. The van der Waals surface area contributed by atoms with Crippen LogP contribution >= 0.6 is 22.6 Å². The third kappa shape index (κ3) is 4.56. The summed E-state index contributed by atoms with van der Waals surface area (Å²) in [5, 5.41) is 14.8. The highest BCUT2D eigenvalue weighted by molar-refractivity contribution is 14.1. The van der Waals surface area contributed by atoms with Crippen molar-refractivity contribution in [1.82, 2.24) is 9.55 Å². The minimum absolute atomic E-state index is 0.144. The van der Waals surface area contributed by atoms with E-state index in [1.165, 1.54) is 29.2 Å². The Hall–Kier alpha value is -2.95. The standard InChI is InChI=1S/C20H17IN4O4/c21-14-3-5-15(6-4-14)23-17-10-19(25(27)28)18(24-8-7-22-12-24)9-16(17)20(26)29-11-13-1-2-13/h3-10,12-13,23H,1-2,11H2. The van der Waals surface area contributed by atoms with E-state index in [4.69, 9.17) is 4.74 Å². The van der Waals surface area contributed by atoms with Gasteiger partial charge >= 0.3 is 5.97 Å². The average molecular weight is 504 g/mol. The number of benzene rings is 2. The van der Waals surface area contributed by atoms with Crippen molar-refractivity contribution in [2.75, 3.05) is 11.9 Å². The highest BCUT2D eigenvalue weighted by Gasteiger charge is 2.27. The first-order valence-electron chi connectivity index (χ1n) is 9.02. The fourth-order valence-electron chi connectivity index (χ4n) is 2.85. The first-order valence-corrected chi connectivity index (χ1v) is 10.1. The number of esters is 1. The second kappa shape index (κ2) is 8.19. The predicted molar refractivity (Wildman–Crippen MR) is 116 cm³/mol. The summed E-state index contributed by atoms with van der Waals surface area (Å²) in [5.41, 5.74) is 1.38. The monoisotopic (exact) mass is 504 g/mol. The van der Waals surface area contributed by atoms with Gasteiger partial charge in [0.05, 0.1) is 29.1 Å². The van der Waals surface area contributed by atoms with Crippen molar-refractivity contribution >= 4 is 45.6 Å². The second-order valence-corrected chi connectivity index (χ2v) is 8.03. The highest BCUT2D eigenvalue weighted by atomic mass is 127. The Morgan fingerprint density at radius 2 is 2.07 bits per heavy atom. The third-order valence-corrected chi connectivity index (χ3v) is 5.30. The van der Waals surface area contributed by atoms with Crippen LogP contribution in [0.25, 0.3) is 5.69 Å². The van der Waals surface area contributed by atoms with Gasteiger partial charge in [-0.05, 0) is 71.7 Å². The molecular formula is C20H17IN4O4. The van der Waals surface area contributed by atoms with E-state index in [-0.39, 0.29) is 16.9 Å². The van der Waals surface area contributed by atoms with Crippen molar-refractivity contribution in [3.8, 4) is 5.69 Å². The van der Waals surface area contributed by atoms with E-state index in [1.54, 1.807) is 6.20 Å². The molecule has 4 rings (SSSR count). The zero-order chi connectivity index (χ0) is 20.4. The normalized spacial score (nSPS) is 13.1. The molecule has 1 aromatic heterocycles. The molecule has 148 valence electrons. The molecule has 9 heteroatoms. The van der Waals surface area contributed by atoms with Crippen molar-refractivity contribution in [2.24, 2.45) is 5.92 Å². The zero-order valence-electron chi connectivity index (χ0n) is 15.2. The number of nitrogens with zero attached hydrogens (tertiary/aromatic N) is 3. The van der Waals surface area contributed by atoms with Crippen molar-refractivity contribution in [2.45, 2.75) is 12.8 Å². The van der Waals surface area contributed by atoms with Crippen LogP contribution in [0, 0.1) is 19.6 Å². The molecule has 1 aliphatic rings. The summed E-state index contributed by atoms with van der Waals surface area (Å²) in [4.78, 5) is 28.0. The number of hydrogen-bond acceptors (Lipinski definition) is 6. The Morgan fingerprint density at radius 3 is 2.69 bits per heavy atom. The number of nitrogens with one attached hydrogen (secondary N) is 1. The van der Waals surface area contributed by atoms with Gasteiger partial charge in [0.2, 0.25) is 0 Å². The van der Waals surface area contributed by atoms with E-state index in [2.05, 4.69) is 32.9 Å². The number of nitro groups is 1. The van der Waals surface area contributed by atoms with Gasteiger partial charge in [0.25, 0.3) is 5.69 Å². The van der Waals surface area contributed by atoms with Crippen LogP contribution in [0.3, 0.4) is 0 Å². The molecule has 0 amide bonds. The molecule has 0 unspecified atom stereocenters. The van der Waals surface area contributed by atoms with E-state index in [1.807, 2.05) is 24.3 Å². The number of imidazole rings is 1. The van der Waals surface area contributed by atoms with Crippen LogP contribution in [0.15, 0.2) is 55.1 Å². The van der Waals surface area contributed by atoms with Crippen LogP contribution < -0.4 is 5.32 Å².